The van der Waals surface area contributed by atoms with E-state index in [2.05, 4.69) is 4.90 Å². The van der Waals surface area contributed by atoms with Crippen molar-refractivity contribution in [2.24, 2.45) is 11.7 Å². The number of piperidine rings is 1. The minimum atomic E-state index is -0.194. The first-order valence-corrected chi connectivity index (χ1v) is 7.40. The van der Waals surface area contributed by atoms with Crippen molar-refractivity contribution in [3.8, 4) is 0 Å². The van der Waals surface area contributed by atoms with Gasteiger partial charge in [0.25, 0.3) is 0 Å². The quantitative estimate of drug-likeness (QED) is 0.808. The number of hydrogen-bond donors (Lipinski definition) is 2. The number of carbonyl (C=O) groups excluding carboxylic acids is 1. The van der Waals surface area contributed by atoms with Gasteiger partial charge in [0.2, 0.25) is 5.91 Å². The van der Waals surface area contributed by atoms with Gasteiger partial charge in [-0.1, -0.05) is 6.42 Å². The van der Waals surface area contributed by atoms with E-state index < -0.39 is 0 Å². The van der Waals surface area contributed by atoms with E-state index in [9.17, 15) is 9.90 Å². The van der Waals surface area contributed by atoms with Crippen LogP contribution in [0.25, 0.3) is 0 Å². The van der Waals surface area contributed by atoms with Crippen LogP contribution >= 0.6 is 12.4 Å². The summed E-state index contributed by atoms with van der Waals surface area (Å²) in [5, 5.41) is 9.76. The number of nitrogens with two attached hydrogens (primary N) is 1. The molecule has 110 valence electrons. The summed E-state index contributed by atoms with van der Waals surface area (Å²) in [6.07, 6.45) is 7.49. The van der Waals surface area contributed by atoms with E-state index in [1.54, 1.807) is 0 Å². The predicted octanol–water partition coefficient (Wildman–Crippen LogP) is 1.44. The average Bonchev–Trinajstić information content (AvgIpc) is 2.82. The zero-order valence-electron chi connectivity index (χ0n) is 11.3. The molecule has 0 spiro atoms. The van der Waals surface area contributed by atoms with E-state index in [1.807, 2.05) is 0 Å². The van der Waals surface area contributed by atoms with Crippen molar-refractivity contribution in [2.45, 2.75) is 75.6 Å². The molecule has 3 N–H and O–H groups in total. The fourth-order valence-electron chi connectivity index (χ4n) is 4.20. The van der Waals surface area contributed by atoms with E-state index in [0.29, 0.717) is 24.4 Å². The standard InChI is InChI=1S/C14H24N2O2.ClH/c15-13-3-1-2-9(13)6-14(18)16-10-4-5-11(16)8-12(17)7-10;/h9-13,17H,1-8,15H2;1H/t9-,10?,11?,12?,13+;/m0./s1. The Balaban J connectivity index is 0.00000133. The lowest BCUT2D eigenvalue weighted by Crippen LogP contribution is -2.48. The Kier molecular flexibility index (Phi) is 4.75. The van der Waals surface area contributed by atoms with Crippen molar-refractivity contribution < 1.29 is 9.90 Å². The molecule has 3 fully saturated rings. The van der Waals surface area contributed by atoms with E-state index in [4.69, 9.17) is 5.73 Å². The van der Waals surface area contributed by atoms with Crippen LogP contribution in [0.1, 0.15) is 51.4 Å². The number of carbonyl (C=O) groups is 1. The molecule has 4 atom stereocenters. The molecule has 0 aromatic heterocycles. The summed E-state index contributed by atoms with van der Waals surface area (Å²) in [6, 6.07) is 0.815. The van der Waals surface area contributed by atoms with Crippen LogP contribution in [0, 0.1) is 5.92 Å². The number of nitrogens with zero attached hydrogens (tertiary/aromatic N) is 1. The monoisotopic (exact) mass is 288 g/mol. The Morgan fingerprint density at radius 2 is 1.79 bits per heavy atom. The molecular weight excluding hydrogens is 264 g/mol. The van der Waals surface area contributed by atoms with E-state index in [-0.39, 0.29) is 30.5 Å². The fraction of sp³-hybridized carbons (Fsp3) is 0.929. The molecule has 2 saturated heterocycles. The number of amides is 1. The second kappa shape index (κ2) is 5.98. The van der Waals surface area contributed by atoms with Crippen LogP contribution in [0.15, 0.2) is 0 Å². The largest absolute Gasteiger partial charge is 0.393 e. The maximum absolute atomic E-state index is 12.5. The normalized spacial score (nSPS) is 41.2. The van der Waals surface area contributed by atoms with Gasteiger partial charge in [-0.2, -0.15) is 0 Å². The molecule has 2 aliphatic heterocycles. The number of halogens is 1. The van der Waals surface area contributed by atoms with Crippen LogP contribution in [0.4, 0.5) is 0 Å². The van der Waals surface area contributed by atoms with Crippen molar-refractivity contribution >= 4 is 18.3 Å². The maximum atomic E-state index is 12.5. The van der Waals surface area contributed by atoms with E-state index in [1.165, 1.54) is 6.42 Å². The molecule has 0 aromatic rings. The number of hydrogen-bond acceptors (Lipinski definition) is 3. The van der Waals surface area contributed by atoms with Gasteiger partial charge in [0.05, 0.1) is 6.10 Å². The first-order chi connectivity index (χ1) is 8.65. The van der Waals surface area contributed by atoms with Crippen LogP contribution in [0.5, 0.6) is 0 Å². The molecule has 1 aliphatic carbocycles. The molecule has 1 amide bonds. The third-order valence-electron chi connectivity index (χ3n) is 5.15. The topological polar surface area (TPSA) is 66.6 Å². The molecule has 2 unspecified atom stereocenters. The summed E-state index contributed by atoms with van der Waals surface area (Å²) in [7, 11) is 0. The molecule has 2 bridgehead atoms. The molecule has 0 aromatic carbocycles. The molecule has 2 heterocycles. The molecule has 4 nitrogen and oxygen atoms in total. The molecule has 0 radical (unpaired) electrons. The summed E-state index contributed by atoms with van der Waals surface area (Å²) in [6.45, 7) is 0. The zero-order valence-corrected chi connectivity index (χ0v) is 12.1. The van der Waals surface area contributed by atoms with Gasteiger partial charge in [-0.05, 0) is 44.4 Å². The lowest BCUT2D eigenvalue weighted by atomic mass is 9.95. The number of aliphatic hydroxyl groups excluding tert-OH is 1. The van der Waals surface area contributed by atoms with Crippen molar-refractivity contribution in [2.75, 3.05) is 0 Å². The number of rotatable bonds is 2. The Morgan fingerprint density at radius 3 is 2.32 bits per heavy atom. The van der Waals surface area contributed by atoms with Gasteiger partial charge in [0, 0.05) is 24.5 Å². The third kappa shape index (κ3) is 2.91. The Labute approximate surface area is 121 Å². The highest BCUT2D eigenvalue weighted by molar-refractivity contribution is 5.85. The summed E-state index contributed by atoms with van der Waals surface area (Å²) in [4.78, 5) is 14.5. The molecule has 3 rings (SSSR count). The van der Waals surface area contributed by atoms with Crippen LogP contribution in [0.2, 0.25) is 0 Å². The van der Waals surface area contributed by atoms with Gasteiger partial charge in [0.15, 0.2) is 0 Å². The maximum Gasteiger partial charge on any atom is 0.223 e. The highest BCUT2D eigenvalue weighted by atomic mass is 35.5. The van der Waals surface area contributed by atoms with Crippen LogP contribution in [-0.2, 0) is 4.79 Å². The number of aliphatic hydroxyl groups is 1. The van der Waals surface area contributed by atoms with Gasteiger partial charge in [-0.3, -0.25) is 4.79 Å². The van der Waals surface area contributed by atoms with Gasteiger partial charge in [-0.15, -0.1) is 12.4 Å². The lowest BCUT2D eigenvalue weighted by Gasteiger charge is -2.38. The molecular formula is C14H25ClN2O2. The molecule has 3 aliphatic rings. The van der Waals surface area contributed by atoms with Crippen LogP contribution in [0.3, 0.4) is 0 Å². The summed E-state index contributed by atoms with van der Waals surface area (Å²) < 4.78 is 0. The lowest BCUT2D eigenvalue weighted by molar-refractivity contribution is -0.138. The zero-order chi connectivity index (χ0) is 12.7. The Morgan fingerprint density at radius 1 is 1.16 bits per heavy atom. The van der Waals surface area contributed by atoms with Crippen molar-refractivity contribution in [3.63, 3.8) is 0 Å². The minimum Gasteiger partial charge on any atom is -0.393 e. The highest BCUT2D eigenvalue weighted by Gasteiger charge is 2.43. The van der Waals surface area contributed by atoms with Crippen LogP contribution in [-0.4, -0.2) is 40.1 Å². The predicted molar refractivity (Wildman–Crippen MR) is 76.1 cm³/mol. The molecule has 1 saturated carbocycles. The Hall–Kier alpha value is -0.320. The average molecular weight is 289 g/mol. The van der Waals surface area contributed by atoms with Gasteiger partial charge >= 0.3 is 0 Å². The van der Waals surface area contributed by atoms with E-state index in [0.717, 1.165) is 38.5 Å². The van der Waals surface area contributed by atoms with Crippen LogP contribution < -0.4 is 5.73 Å². The van der Waals surface area contributed by atoms with Gasteiger partial charge < -0.3 is 15.7 Å². The smallest absolute Gasteiger partial charge is 0.223 e. The first kappa shape index (κ1) is 15.1. The summed E-state index contributed by atoms with van der Waals surface area (Å²) in [5.74, 6) is 0.681. The fourth-order valence-corrected chi connectivity index (χ4v) is 4.20. The van der Waals surface area contributed by atoms with Gasteiger partial charge in [0.1, 0.15) is 0 Å². The van der Waals surface area contributed by atoms with Crippen molar-refractivity contribution in [1.29, 1.82) is 0 Å². The summed E-state index contributed by atoms with van der Waals surface area (Å²) in [5.41, 5.74) is 6.05. The second-order valence-electron chi connectivity index (χ2n) is 6.37. The number of fused-ring (bicyclic) bond motifs is 2. The molecule has 5 heteroatoms. The second-order valence-corrected chi connectivity index (χ2v) is 6.37. The first-order valence-electron chi connectivity index (χ1n) is 7.40. The minimum absolute atomic E-state index is 0. The molecule has 19 heavy (non-hydrogen) atoms. The summed E-state index contributed by atoms with van der Waals surface area (Å²) >= 11 is 0. The van der Waals surface area contributed by atoms with Gasteiger partial charge in [-0.25, -0.2) is 0 Å². The van der Waals surface area contributed by atoms with E-state index >= 15 is 0 Å². The third-order valence-corrected chi connectivity index (χ3v) is 5.15. The van der Waals surface area contributed by atoms with Crippen molar-refractivity contribution in [3.05, 3.63) is 0 Å². The van der Waals surface area contributed by atoms with Crippen molar-refractivity contribution in [1.82, 2.24) is 4.90 Å². The Bertz CT molecular complexity index is 325. The SMILES string of the molecule is Cl.N[C@@H]1CCC[C@H]1CC(=O)N1C2CCC1CC(O)C2. The highest BCUT2D eigenvalue weighted by Crippen LogP contribution is 2.37.